The molecule has 0 bridgehead atoms. The Bertz CT molecular complexity index is 250. The third kappa shape index (κ3) is 3.96. The molecule has 1 atom stereocenters. The third-order valence-corrected chi connectivity index (χ3v) is 3.86. The van der Waals surface area contributed by atoms with Gasteiger partial charge in [-0.3, -0.25) is 4.79 Å². The second kappa shape index (κ2) is 6.36. The number of carbonyl (C=O) groups is 1. The van der Waals surface area contributed by atoms with Gasteiger partial charge in [0.2, 0.25) is 0 Å². The minimum absolute atomic E-state index is 0.604. The van der Waals surface area contributed by atoms with E-state index in [0.29, 0.717) is 13.1 Å². The Morgan fingerprint density at radius 2 is 2.00 bits per heavy atom. The van der Waals surface area contributed by atoms with Crippen LogP contribution in [0, 0.1) is 5.92 Å². The Hall–Kier alpha value is -0.610. The number of piperidine rings is 1. The number of carboxylic acid groups (broad SMARTS) is 1. The van der Waals surface area contributed by atoms with E-state index in [9.17, 15) is 9.90 Å². The topological polar surface area (TPSA) is 52.6 Å². The standard InChI is InChI=1S/C13H26N2O2/c1-4-11-6-8-15(9-7-11)10-13(3,12(16)17)14-5-2/h11,14H,4-10H2,1-3H3,(H,16,17). The number of carboxylic acids is 1. The van der Waals surface area contributed by atoms with Gasteiger partial charge < -0.3 is 15.3 Å². The Balaban J connectivity index is 2.49. The molecule has 1 unspecified atom stereocenters. The molecule has 0 spiro atoms. The van der Waals surface area contributed by atoms with Crippen molar-refractivity contribution < 1.29 is 9.90 Å². The fourth-order valence-electron chi connectivity index (χ4n) is 2.59. The highest BCUT2D eigenvalue weighted by Gasteiger charge is 2.35. The maximum Gasteiger partial charge on any atom is 0.324 e. The van der Waals surface area contributed by atoms with Crippen molar-refractivity contribution in [2.24, 2.45) is 5.92 Å². The summed E-state index contributed by atoms with van der Waals surface area (Å²) in [6.45, 7) is 9.33. The zero-order chi connectivity index (χ0) is 12.9. The van der Waals surface area contributed by atoms with Crippen molar-refractivity contribution in [1.29, 1.82) is 0 Å². The monoisotopic (exact) mass is 242 g/mol. The van der Waals surface area contributed by atoms with Crippen molar-refractivity contribution in [3.05, 3.63) is 0 Å². The highest BCUT2D eigenvalue weighted by molar-refractivity contribution is 5.78. The molecule has 0 aromatic heterocycles. The molecule has 0 aromatic carbocycles. The highest BCUT2D eigenvalue weighted by atomic mass is 16.4. The normalized spacial score (nSPS) is 22.3. The molecule has 1 fully saturated rings. The first-order chi connectivity index (χ1) is 8.01. The number of hydrogen-bond acceptors (Lipinski definition) is 3. The molecule has 1 heterocycles. The highest BCUT2D eigenvalue weighted by Crippen LogP contribution is 2.21. The molecule has 0 radical (unpaired) electrons. The van der Waals surface area contributed by atoms with Gasteiger partial charge in [-0.1, -0.05) is 20.3 Å². The maximum absolute atomic E-state index is 11.3. The van der Waals surface area contributed by atoms with Gasteiger partial charge in [-0.15, -0.1) is 0 Å². The Labute approximate surface area is 104 Å². The van der Waals surface area contributed by atoms with Crippen LogP contribution in [-0.4, -0.2) is 47.7 Å². The molecule has 4 nitrogen and oxygen atoms in total. The number of likely N-dealkylation sites (N-methyl/N-ethyl adjacent to an activating group) is 1. The fourth-order valence-corrected chi connectivity index (χ4v) is 2.59. The summed E-state index contributed by atoms with van der Waals surface area (Å²) >= 11 is 0. The van der Waals surface area contributed by atoms with E-state index in [4.69, 9.17) is 0 Å². The third-order valence-electron chi connectivity index (χ3n) is 3.86. The predicted octanol–water partition coefficient (Wildman–Crippen LogP) is 1.56. The van der Waals surface area contributed by atoms with E-state index in [0.717, 1.165) is 19.0 Å². The van der Waals surface area contributed by atoms with Crippen molar-refractivity contribution in [2.45, 2.75) is 45.6 Å². The van der Waals surface area contributed by atoms with E-state index < -0.39 is 11.5 Å². The van der Waals surface area contributed by atoms with Crippen molar-refractivity contribution in [3.8, 4) is 0 Å². The number of rotatable bonds is 6. The molecule has 4 heteroatoms. The van der Waals surface area contributed by atoms with Crippen LogP contribution in [0.4, 0.5) is 0 Å². The summed E-state index contributed by atoms with van der Waals surface area (Å²) in [6.07, 6.45) is 3.66. The number of likely N-dealkylation sites (tertiary alicyclic amines) is 1. The van der Waals surface area contributed by atoms with Crippen LogP contribution in [0.1, 0.15) is 40.0 Å². The Kier molecular flexibility index (Phi) is 5.40. The quantitative estimate of drug-likeness (QED) is 0.742. The van der Waals surface area contributed by atoms with Crippen LogP contribution in [0.5, 0.6) is 0 Å². The van der Waals surface area contributed by atoms with Crippen LogP contribution >= 0.6 is 0 Å². The van der Waals surface area contributed by atoms with E-state index in [-0.39, 0.29) is 0 Å². The number of nitrogens with zero attached hydrogens (tertiary/aromatic N) is 1. The summed E-state index contributed by atoms with van der Waals surface area (Å²) in [7, 11) is 0. The molecule has 2 N–H and O–H groups in total. The summed E-state index contributed by atoms with van der Waals surface area (Å²) in [6, 6.07) is 0. The van der Waals surface area contributed by atoms with E-state index in [1.807, 2.05) is 6.92 Å². The number of nitrogens with one attached hydrogen (secondary N) is 1. The van der Waals surface area contributed by atoms with Gasteiger partial charge in [0.25, 0.3) is 0 Å². The molecular formula is C13H26N2O2. The SMILES string of the molecule is CCNC(C)(CN1CCC(CC)CC1)C(=O)O. The van der Waals surface area contributed by atoms with Crippen molar-refractivity contribution in [3.63, 3.8) is 0 Å². The van der Waals surface area contributed by atoms with Gasteiger partial charge in [0.05, 0.1) is 0 Å². The first-order valence-corrected chi connectivity index (χ1v) is 6.72. The average Bonchev–Trinajstić information content (AvgIpc) is 2.30. The van der Waals surface area contributed by atoms with Gasteiger partial charge in [0.15, 0.2) is 0 Å². The molecular weight excluding hydrogens is 216 g/mol. The van der Waals surface area contributed by atoms with Crippen molar-refractivity contribution in [1.82, 2.24) is 10.2 Å². The van der Waals surface area contributed by atoms with Crippen molar-refractivity contribution >= 4 is 5.97 Å². The molecule has 1 aliphatic rings. The van der Waals surface area contributed by atoms with Gasteiger partial charge in [-0.25, -0.2) is 0 Å². The van der Waals surface area contributed by atoms with Crippen LogP contribution in [0.2, 0.25) is 0 Å². The molecule has 0 saturated carbocycles. The first-order valence-electron chi connectivity index (χ1n) is 6.72. The molecule has 100 valence electrons. The predicted molar refractivity (Wildman–Crippen MR) is 69.2 cm³/mol. The lowest BCUT2D eigenvalue weighted by atomic mass is 9.92. The van der Waals surface area contributed by atoms with E-state index in [1.165, 1.54) is 19.3 Å². The summed E-state index contributed by atoms with van der Waals surface area (Å²) < 4.78 is 0. The minimum Gasteiger partial charge on any atom is -0.480 e. The van der Waals surface area contributed by atoms with Gasteiger partial charge >= 0.3 is 5.97 Å². The summed E-state index contributed by atoms with van der Waals surface area (Å²) in [4.78, 5) is 13.6. The van der Waals surface area contributed by atoms with Crippen LogP contribution < -0.4 is 5.32 Å². The molecule has 1 saturated heterocycles. The maximum atomic E-state index is 11.3. The van der Waals surface area contributed by atoms with E-state index >= 15 is 0 Å². The van der Waals surface area contributed by atoms with Crippen molar-refractivity contribution in [2.75, 3.05) is 26.2 Å². The first kappa shape index (κ1) is 14.5. The zero-order valence-corrected chi connectivity index (χ0v) is 11.3. The van der Waals surface area contributed by atoms with Crippen LogP contribution in [0.25, 0.3) is 0 Å². The van der Waals surface area contributed by atoms with E-state index in [1.54, 1.807) is 6.92 Å². The fraction of sp³-hybridized carbons (Fsp3) is 0.923. The Morgan fingerprint density at radius 3 is 2.41 bits per heavy atom. The second-order valence-corrected chi connectivity index (χ2v) is 5.30. The van der Waals surface area contributed by atoms with Gasteiger partial charge in [0, 0.05) is 6.54 Å². The zero-order valence-electron chi connectivity index (χ0n) is 11.3. The van der Waals surface area contributed by atoms with Crippen LogP contribution in [0.15, 0.2) is 0 Å². The lowest BCUT2D eigenvalue weighted by Gasteiger charge is -2.37. The molecule has 17 heavy (non-hydrogen) atoms. The van der Waals surface area contributed by atoms with Crippen LogP contribution in [-0.2, 0) is 4.79 Å². The number of aliphatic carboxylic acids is 1. The lowest BCUT2D eigenvalue weighted by molar-refractivity contribution is -0.145. The molecule has 0 aromatic rings. The molecule has 0 amide bonds. The average molecular weight is 242 g/mol. The molecule has 1 rings (SSSR count). The molecule has 0 aliphatic carbocycles. The van der Waals surface area contributed by atoms with Gasteiger partial charge in [-0.2, -0.15) is 0 Å². The summed E-state index contributed by atoms with van der Waals surface area (Å²) in [5, 5.41) is 12.4. The summed E-state index contributed by atoms with van der Waals surface area (Å²) in [5.41, 5.74) is -0.812. The largest absolute Gasteiger partial charge is 0.480 e. The Morgan fingerprint density at radius 1 is 1.41 bits per heavy atom. The lowest BCUT2D eigenvalue weighted by Crippen LogP contribution is -2.57. The molecule has 1 aliphatic heterocycles. The summed E-state index contributed by atoms with van der Waals surface area (Å²) in [5.74, 6) is 0.0819. The number of hydrogen-bond donors (Lipinski definition) is 2. The minimum atomic E-state index is -0.812. The van der Waals surface area contributed by atoms with Gasteiger partial charge in [0.1, 0.15) is 5.54 Å². The van der Waals surface area contributed by atoms with Crippen LogP contribution in [0.3, 0.4) is 0 Å². The van der Waals surface area contributed by atoms with E-state index in [2.05, 4.69) is 17.1 Å². The second-order valence-electron chi connectivity index (χ2n) is 5.30. The van der Waals surface area contributed by atoms with Gasteiger partial charge in [-0.05, 0) is 45.3 Å². The smallest absolute Gasteiger partial charge is 0.324 e.